The summed E-state index contributed by atoms with van der Waals surface area (Å²) < 4.78 is 28.2. The van der Waals surface area contributed by atoms with E-state index in [9.17, 15) is 8.42 Å². The topological polar surface area (TPSA) is 67.2 Å². The maximum atomic E-state index is 12.5. The largest absolute Gasteiger partial charge is 0.312 e. The molecule has 7 heteroatoms. The maximum absolute atomic E-state index is 12.5. The summed E-state index contributed by atoms with van der Waals surface area (Å²) in [6.45, 7) is 6.35. The van der Waals surface area contributed by atoms with Crippen molar-refractivity contribution in [1.29, 1.82) is 0 Å². The third kappa shape index (κ3) is 2.57. The molecule has 0 bridgehead atoms. The number of aromatic nitrogens is 2. The van der Waals surface area contributed by atoms with Gasteiger partial charge >= 0.3 is 0 Å². The third-order valence-electron chi connectivity index (χ3n) is 3.05. The van der Waals surface area contributed by atoms with Crippen molar-refractivity contribution in [2.45, 2.75) is 37.9 Å². The van der Waals surface area contributed by atoms with Crippen LogP contribution in [0.3, 0.4) is 0 Å². The van der Waals surface area contributed by atoms with E-state index in [4.69, 9.17) is 0 Å². The van der Waals surface area contributed by atoms with Gasteiger partial charge in [0, 0.05) is 32.2 Å². The molecule has 1 fully saturated rings. The van der Waals surface area contributed by atoms with E-state index in [2.05, 4.69) is 10.4 Å². The maximum Gasteiger partial charge on any atom is 0.260 e. The number of nitrogens with zero attached hydrogens (tertiary/aromatic N) is 3. The molecule has 1 atom stereocenters. The summed E-state index contributed by atoms with van der Waals surface area (Å²) in [6, 6.07) is 1.77. The first-order valence-electron chi connectivity index (χ1n) is 6.31. The predicted octanol–water partition coefficient (Wildman–Crippen LogP) is 0.276. The lowest BCUT2D eigenvalue weighted by Gasteiger charge is -2.30. The average Bonchev–Trinajstić information content (AvgIpc) is 2.78. The molecular formula is C11H20N4O2S. The van der Waals surface area contributed by atoms with Crippen LogP contribution >= 0.6 is 0 Å². The van der Waals surface area contributed by atoms with E-state index in [0.29, 0.717) is 31.2 Å². The van der Waals surface area contributed by atoms with E-state index >= 15 is 0 Å². The van der Waals surface area contributed by atoms with Crippen molar-refractivity contribution in [1.82, 2.24) is 19.4 Å². The van der Waals surface area contributed by atoms with Crippen molar-refractivity contribution in [3.63, 3.8) is 0 Å². The Morgan fingerprint density at radius 2 is 2.33 bits per heavy atom. The van der Waals surface area contributed by atoms with Crippen LogP contribution in [-0.4, -0.2) is 48.2 Å². The molecular weight excluding hydrogens is 252 g/mol. The minimum Gasteiger partial charge on any atom is -0.312 e. The van der Waals surface area contributed by atoms with Gasteiger partial charge in [0.05, 0.1) is 6.20 Å². The van der Waals surface area contributed by atoms with Crippen LogP contribution in [0.1, 0.15) is 20.3 Å². The van der Waals surface area contributed by atoms with Crippen molar-refractivity contribution in [3.8, 4) is 0 Å². The lowest BCUT2D eigenvalue weighted by Crippen LogP contribution is -2.51. The van der Waals surface area contributed by atoms with Crippen LogP contribution in [0.25, 0.3) is 0 Å². The zero-order chi connectivity index (χ0) is 13.2. The molecule has 1 unspecified atom stereocenters. The standard InChI is InChI=1S/C11H20N4O2S/c1-3-7-15-11(4-5-13-15)18(16,17)14-8-6-12-10(2)9-14/h4-5,10,12H,3,6-9H2,1-2H3. The molecule has 1 aliphatic heterocycles. The Kier molecular flexibility index (Phi) is 4.04. The van der Waals surface area contributed by atoms with E-state index < -0.39 is 10.0 Å². The summed E-state index contributed by atoms with van der Waals surface area (Å²) in [4.78, 5) is 0. The molecule has 1 N–H and O–H groups in total. The van der Waals surface area contributed by atoms with Crippen LogP contribution < -0.4 is 5.32 Å². The molecule has 2 rings (SSSR count). The summed E-state index contributed by atoms with van der Waals surface area (Å²) in [7, 11) is -3.41. The normalized spacial score (nSPS) is 22.2. The second-order valence-electron chi connectivity index (χ2n) is 4.61. The predicted molar refractivity (Wildman–Crippen MR) is 68.7 cm³/mol. The highest BCUT2D eigenvalue weighted by molar-refractivity contribution is 7.89. The van der Waals surface area contributed by atoms with Crippen molar-refractivity contribution in [2.75, 3.05) is 19.6 Å². The van der Waals surface area contributed by atoms with Crippen molar-refractivity contribution in [2.24, 2.45) is 0 Å². The van der Waals surface area contributed by atoms with Crippen molar-refractivity contribution < 1.29 is 8.42 Å². The van der Waals surface area contributed by atoms with Gasteiger partial charge in [0.25, 0.3) is 10.0 Å². The third-order valence-corrected chi connectivity index (χ3v) is 4.94. The second kappa shape index (κ2) is 5.38. The number of hydrogen-bond donors (Lipinski definition) is 1. The summed E-state index contributed by atoms with van der Waals surface area (Å²) >= 11 is 0. The molecule has 1 aromatic heterocycles. The van der Waals surface area contributed by atoms with Crippen LogP contribution in [0.2, 0.25) is 0 Å². The van der Waals surface area contributed by atoms with Gasteiger partial charge in [0.1, 0.15) is 0 Å². The highest BCUT2D eigenvalue weighted by Gasteiger charge is 2.30. The molecule has 0 saturated carbocycles. The smallest absolute Gasteiger partial charge is 0.260 e. The minimum absolute atomic E-state index is 0.191. The SMILES string of the molecule is CCCn1nccc1S(=O)(=O)N1CCNC(C)C1. The quantitative estimate of drug-likeness (QED) is 0.854. The van der Waals surface area contributed by atoms with Gasteiger partial charge in [-0.15, -0.1) is 0 Å². The first-order chi connectivity index (χ1) is 8.55. The van der Waals surface area contributed by atoms with Crippen LogP contribution in [0.15, 0.2) is 17.3 Å². The Labute approximate surface area is 108 Å². The Bertz CT molecular complexity index is 497. The molecule has 6 nitrogen and oxygen atoms in total. The second-order valence-corrected chi connectivity index (χ2v) is 6.50. The van der Waals surface area contributed by atoms with Crippen LogP contribution in [0.5, 0.6) is 0 Å². The van der Waals surface area contributed by atoms with Gasteiger partial charge in [-0.3, -0.25) is 4.68 Å². The van der Waals surface area contributed by atoms with Crippen LogP contribution in [-0.2, 0) is 16.6 Å². The zero-order valence-electron chi connectivity index (χ0n) is 10.8. The first kappa shape index (κ1) is 13.5. The van der Waals surface area contributed by atoms with Crippen LogP contribution in [0.4, 0.5) is 0 Å². The summed E-state index contributed by atoms with van der Waals surface area (Å²) in [6.07, 6.45) is 2.41. The fourth-order valence-corrected chi connectivity index (χ4v) is 3.82. The number of hydrogen-bond acceptors (Lipinski definition) is 4. The van der Waals surface area contributed by atoms with Gasteiger partial charge in [-0.1, -0.05) is 6.92 Å². The Morgan fingerprint density at radius 3 is 3.00 bits per heavy atom. The Hall–Kier alpha value is -0.920. The monoisotopic (exact) mass is 272 g/mol. The van der Waals surface area contributed by atoms with E-state index in [1.165, 1.54) is 4.31 Å². The van der Waals surface area contributed by atoms with Gasteiger partial charge in [0.15, 0.2) is 5.03 Å². The molecule has 18 heavy (non-hydrogen) atoms. The molecule has 1 aliphatic rings. The van der Waals surface area contributed by atoms with E-state index in [0.717, 1.165) is 6.42 Å². The summed E-state index contributed by atoms with van der Waals surface area (Å²) in [5.74, 6) is 0. The number of piperazine rings is 1. The molecule has 0 aromatic carbocycles. The van der Waals surface area contributed by atoms with Gasteiger partial charge < -0.3 is 5.32 Å². The fourth-order valence-electron chi connectivity index (χ4n) is 2.17. The number of rotatable bonds is 4. The average molecular weight is 272 g/mol. The minimum atomic E-state index is -3.41. The molecule has 0 amide bonds. The van der Waals surface area contributed by atoms with E-state index in [1.54, 1.807) is 16.9 Å². The first-order valence-corrected chi connectivity index (χ1v) is 7.75. The molecule has 0 aliphatic carbocycles. The van der Waals surface area contributed by atoms with Gasteiger partial charge in [-0.05, 0) is 19.4 Å². The fraction of sp³-hybridized carbons (Fsp3) is 0.727. The van der Waals surface area contributed by atoms with E-state index in [1.807, 2.05) is 13.8 Å². The molecule has 1 aromatic rings. The number of nitrogens with one attached hydrogen (secondary N) is 1. The van der Waals surface area contributed by atoms with Crippen molar-refractivity contribution >= 4 is 10.0 Å². The molecule has 2 heterocycles. The van der Waals surface area contributed by atoms with Gasteiger partial charge in [-0.25, -0.2) is 8.42 Å². The molecule has 0 radical (unpaired) electrons. The van der Waals surface area contributed by atoms with Gasteiger partial charge in [0.2, 0.25) is 0 Å². The Balaban J connectivity index is 2.26. The Morgan fingerprint density at radius 1 is 1.56 bits per heavy atom. The molecule has 0 spiro atoms. The van der Waals surface area contributed by atoms with E-state index in [-0.39, 0.29) is 6.04 Å². The van der Waals surface area contributed by atoms with Gasteiger partial charge in [-0.2, -0.15) is 9.40 Å². The van der Waals surface area contributed by atoms with Crippen LogP contribution in [0, 0.1) is 0 Å². The lowest BCUT2D eigenvalue weighted by atomic mass is 10.3. The zero-order valence-corrected chi connectivity index (χ0v) is 11.7. The highest BCUT2D eigenvalue weighted by Crippen LogP contribution is 2.17. The summed E-state index contributed by atoms with van der Waals surface area (Å²) in [5.41, 5.74) is 0. The number of aryl methyl sites for hydroxylation is 1. The number of sulfonamides is 1. The summed E-state index contributed by atoms with van der Waals surface area (Å²) in [5, 5.41) is 7.63. The molecule has 102 valence electrons. The van der Waals surface area contributed by atoms with Crippen molar-refractivity contribution in [3.05, 3.63) is 12.3 Å². The highest BCUT2D eigenvalue weighted by atomic mass is 32.2. The lowest BCUT2D eigenvalue weighted by molar-refractivity contribution is 0.307. The molecule has 1 saturated heterocycles.